The Hall–Kier alpha value is -3.74. The predicted octanol–water partition coefficient (Wildman–Crippen LogP) is 2.56. The minimum absolute atomic E-state index is 0.259. The summed E-state index contributed by atoms with van der Waals surface area (Å²) in [6.07, 6.45) is 9.70. The van der Waals surface area contributed by atoms with Crippen LogP contribution in [0.25, 0.3) is 27.8 Å². The number of fused-ring (bicyclic) bond motifs is 1. The van der Waals surface area contributed by atoms with Gasteiger partial charge in [-0.1, -0.05) is 6.92 Å². The van der Waals surface area contributed by atoms with Crippen LogP contribution in [0.4, 0.5) is 5.82 Å². The quantitative estimate of drug-likeness (QED) is 0.476. The molecule has 4 aromatic heterocycles. The van der Waals surface area contributed by atoms with Crippen LogP contribution < -0.4 is 4.90 Å². The Labute approximate surface area is 198 Å². The summed E-state index contributed by atoms with van der Waals surface area (Å²) in [7, 11) is 1.89. The summed E-state index contributed by atoms with van der Waals surface area (Å²) in [5.41, 5.74) is 5.09. The molecule has 9 heteroatoms. The number of aromatic nitrogens is 5. The van der Waals surface area contributed by atoms with Gasteiger partial charge in [0.05, 0.1) is 29.6 Å². The Bertz CT molecular complexity index is 1330. The highest BCUT2D eigenvalue weighted by atomic mass is 16.3. The second kappa shape index (κ2) is 9.25. The molecule has 5 rings (SSSR count). The molecular formula is C25H28N8O. The minimum Gasteiger partial charge on any atom is -0.392 e. The molecule has 9 nitrogen and oxygen atoms in total. The lowest BCUT2D eigenvalue weighted by molar-refractivity contribution is 0.106. The summed E-state index contributed by atoms with van der Waals surface area (Å²) < 4.78 is 3.52. The number of hydrogen-bond donors (Lipinski definition) is 1. The van der Waals surface area contributed by atoms with Crippen molar-refractivity contribution < 1.29 is 5.11 Å². The fraction of sp³-hybridized carbons (Fsp3) is 0.360. The molecule has 0 aromatic carbocycles. The number of pyridine rings is 2. The second-order valence-electron chi connectivity index (χ2n) is 8.76. The van der Waals surface area contributed by atoms with Gasteiger partial charge < -0.3 is 10.0 Å². The van der Waals surface area contributed by atoms with Gasteiger partial charge in [-0.3, -0.25) is 9.58 Å². The Kier molecular flexibility index (Phi) is 6.01. The Morgan fingerprint density at radius 3 is 2.50 bits per heavy atom. The maximum absolute atomic E-state index is 9.92. The van der Waals surface area contributed by atoms with Crippen molar-refractivity contribution in [3.63, 3.8) is 0 Å². The summed E-state index contributed by atoms with van der Waals surface area (Å²) in [6, 6.07) is 8.43. The number of β-amino-alcohol motifs (C(OH)–C–C–N with tert-alkyl or cyclic N) is 1. The summed E-state index contributed by atoms with van der Waals surface area (Å²) in [5, 5.41) is 28.3. The minimum atomic E-state index is -0.259. The highest BCUT2D eigenvalue weighted by Gasteiger charge is 2.20. The van der Waals surface area contributed by atoms with Crippen LogP contribution >= 0.6 is 0 Å². The van der Waals surface area contributed by atoms with E-state index in [4.69, 9.17) is 4.98 Å². The monoisotopic (exact) mass is 456 g/mol. The lowest BCUT2D eigenvalue weighted by atomic mass is 10.0. The number of hydrogen-bond acceptors (Lipinski definition) is 7. The van der Waals surface area contributed by atoms with E-state index < -0.39 is 0 Å². The molecule has 0 aliphatic carbocycles. The van der Waals surface area contributed by atoms with Crippen molar-refractivity contribution in [2.45, 2.75) is 19.4 Å². The van der Waals surface area contributed by atoms with Crippen molar-refractivity contribution in [1.82, 2.24) is 29.3 Å². The van der Waals surface area contributed by atoms with E-state index >= 15 is 0 Å². The molecule has 1 aliphatic rings. The molecule has 1 saturated heterocycles. The first-order valence-electron chi connectivity index (χ1n) is 11.6. The molecule has 4 aromatic rings. The number of nitriles is 1. The molecule has 1 aliphatic heterocycles. The third-order valence-electron chi connectivity index (χ3n) is 6.47. The average Bonchev–Trinajstić information content (AvgIpc) is 3.50. The molecular weight excluding hydrogens is 428 g/mol. The summed E-state index contributed by atoms with van der Waals surface area (Å²) in [5.74, 6) is 0.938. The third kappa shape index (κ3) is 4.25. The first-order valence-corrected chi connectivity index (χ1v) is 11.6. The zero-order valence-electron chi connectivity index (χ0n) is 19.5. The van der Waals surface area contributed by atoms with E-state index in [0.29, 0.717) is 5.56 Å². The number of nitrogens with zero attached hydrogens (tertiary/aromatic N) is 8. The normalized spacial score (nSPS) is 15.5. The number of anilines is 1. The van der Waals surface area contributed by atoms with Crippen LogP contribution in [0, 0.1) is 11.3 Å². The van der Waals surface area contributed by atoms with Gasteiger partial charge in [-0.2, -0.15) is 15.5 Å². The topological polar surface area (TPSA) is 98.5 Å². The van der Waals surface area contributed by atoms with E-state index in [-0.39, 0.29) is 6.10 Å². The van der Waals surface area contributed by atoms with Crippen LogP contribution in [-0.2, 0) is 7.05 Å². The largest absolute Gasteiger partial charge is 0.392 e. The van der Waals surface area contributed by atoms with E-state index in [1.807, 2.05) is 44.8 Å². The van der Waals surface area contributed by atoms with Crippen molar-refractivity contribution in [2.75, 3.05) is 37.6 Å². The molecule has 0 saturated carbocycles. The van der Waals surface area contributed by atoms with Crippen LogP contribution in [0.2, 0.25) is 0 Å². The number of piperazine rings is 1. The summed E-state index contributed by atoms with van der Waals surface area (Å²) in [4.78, 5) is 9.35. The molecule has 34 heavy (non-hydrogen) atoms. The van der Waals surface area contributed by atoms with Gasteiger partial charge in [0.1, 0.15) is 11.9 Å². The van der Waals surface area contributed by atoms with Crippen molar-refractivity contribution in [3.05, 3.63) is 54.7 Å². The first kappa shape index (κ1) is 22.1. The van der Waals surface area contributed by atoms with E-state index in [0.717, 1.165) is 72.7 Å². The van der Waals surface area contributed by atoms with Crippen LogP contribution in [0.5, 0.6) is 0 Å². The number of aliphatic hydroxyl groups excluding tert-OH is 1. The molecule has 5 heterocycles. The van der Waals surface area contributed by atoms with Gasteiger partial charge in [-0.25, -0.2) is 9.50 Å². The zero-order chi connectivity index (χ0) is 23.7. The highest BCUT2D eigenvalue weighted by molar-refractivity contribution is 5.87. The molecule has 0 spiro atoms. The lowest BCUT2D eigenvalue weighted by Crippen LogP contribution is -2.48. The lowest BCUT2D eigenvalue weighted by Gasteiger charge is -2.36. The predicted molar refractivity (Wildman–Crippen MR) is 130 cm³/mol. The smallest absolute Gasteiger partial charge is 0.128 e. The van der Waals surface area contributed by atoms with E-state index in [2.05, 4.69) is 38.2 Å². The first-order chi connectivity index (χ1) is 16.6. The second-order valence-corrected chi connectivity index (χ2v) is 8.76. The third-order valence-corrected chi connectivity index (χ3v) is 6.47. The molecule has 174 valence electrons. The average molecular weight is 457 g/mol. The van der Waals surface area contributed by atoms with Gasteiger partial charge in [-0.05, 0) is 24.6 Å². The molecule has 0 amide bonds. The molecule has 1 atom stereocenters. The van der Waals surface area contributed by atoms with E-state index in [1.54, 1.807) is 15.4 Å². The SMILES string of the molecule is CCC(O)CN1CCN(c2ccc(-c3cc(-c4cnn(C)c4)cn4ncc(C#N)c34)cn2)CC1. The molecule has 0 bridgehead atoms. The van der Waals surface area contributed by atoms with Gasteiger partial charge in [0, 0.05) is 80.6 Å². The highest BCUT2D eigenvalue weighted by Crippen LogP contribution is 2.32. The fourth-order valence-corrected chi connectivity index (χ4v) is 4.47. The Balaban J connectivity index is 1.43. The Morgan fingerprint density at radius 1 is 1.03 bits per heavy atom. The van der Waals surface area contributed by atoms with Gasteiger partial charge in [-0.15, -0.1) is 0 Å². The van der Waals surface area contributed by atoms with Gasteiger partial charge >= 0.3 is 0 Å². The van der Waals surface area contributed by atoms with E-state index in [1.165, 1.54) is 0 Å². The van der Waals surface area contributed by atoms with Crippen molar-refractivity contribution in [1.29, 1.82) is 5.26 Å². The number of rotatable bonds is 6. The van der Waals surface area contributed by atoms with Gasteiger partial charge in [0.25, 0.3) is 0 Å². The van der Waals surface area contributed by atoms with Crippen LogP contribution in [0.3, 0.4) is 0 Å². The molecule has 1 fully saturated rings. The van der Waals surface area contributed by atoms with Crippen LogP contribution in [0.1, 0.15) is 18.9 Å². The number of aliphatic hydroxyl groups is 1. The fourth-order valence-electron chi connectivity index (χ4n) is 4.47. The Morgan fingerprint density at radius 2 is 1.85 bits per heavy atom. The maximum Gasteiger partial charge on any atom is 0.128 e. The van der Waals surface area contributed by atoms with Gasteiger partial charge in [0.15, 0.2) is 0 Å². The summed E-state index contributed by atoms with van der Waals surface area (Å²) in [6.45, 7) is 6.32. The van der Waals surface area contributed by atoms with Crippen molar-refractivity contribution in [2.24, 2.45) is 7.05 Å². The van der Waals surface area contributed by atoms with Crippen molar-refractivity contribution >= 4 is 11.3 Å². The number of aryl methyl sites for hydroxylation is 1. The van der Waals surface area contributed by atoms with Crippen LogP contribution in [-0.4, -0.2) is 73.2 Å². The maximum atomic E-state index is 9.92. The summed E-state index contributed by atoms with van der Waals surface area (Å²) >= 11 is 0. The zero-order valence-corrected chi connectivity index (χ0v) is 19.5. The van der Waals surface area contributed by atoms with Crippen molar-refractivity contribution in [3.8, 4) is 28.3 Å². The molecule has 0 radical (unpaired) electrons. The molecule has 1 N–H and O–H groups in total. The van der Waals surface area contributed by atoms with E-state index in [9.17, 15) is 10.4 Å². The standard InChI is InChI=1S/C25H28N8O/c1-3-22(34)17-31-6-8-32(9-7-31)24-5-4-18(12-27-24)23-10-19(21-14-28-30(2)15-21)16-33-25(23)20(11-26)13-29-33/h4-5,10,12-16,22,34H,3,6-9,17H2,1-2H3. The molecule has 1 unspecified atom stereocenters. The van der Waals surface area contributed by atoms with Gasteiger partial charge in [0.2, 0.25) is 0 Å². The van der Waals surface area contributed by atoms with Crippen LogP contribution in [0.15, 0.2) is 49.2 Å².